The average molecular weight is 398 g/mol. The number of hydrogen-bond acceptors (Lipinski definition) is 5. The minimum atomic E-state index is -0.120. The summed E-state index contributed by atoms with van der Waals surface area (Å²) in [5.41, 5.74) is 3.72. The number of nitrogens with zero attached hydrogens (tertiary/aromatic N) is 2. The van der Waals surface area contributed by atoms with Gasteiger partial charge in [-0.3, -0.25) is 4.79 Å². The molecule has 0 fully saturated rings. The van der Waals surface area contributed by atoms with Gasteiger partial charge in [0.1, 0.15) is 18.1 Å². The van der Waals surface area contributed by atoms with Crippen molar-refractivity contribution in [2.45, 2.75) is 26.4 Å². The first-order valence-corrected chi connectivity index (χ1v) is 9.86. The maximum absolute atomic E-state index is 12.5. The van der Waals surface area contributed by atoms with Gasteiger partial charge in [-0.1, -0.05) is 48.5 Å². The number of oxazole rings is 1. The number of benzene rings is 2. The Bertz CT molecular complexity index is 1120. The van der Waals surface area contributed by atoms with Crippen molar-refractivity contribution in [1.29, 1.82) is 0 Å². The van der Waals surface area contributed by atoms with E-state index in [1.165, 1.54) is 0 Å². The van der Waals surface area contributed by atoms with E-state index in [0.29, 0.717) is 30.9 Å². The van der Waals surface area contributed by atoms with Crippen molar-refractivity contribution in [1.82, 2.24) is 9.97 Å². The lowest BCUT2D eigenvalue weighted by Crippen LogP contribution is -2.02. The molecule has 30 heavy (non-hydrogen) atoms. The first-order valence-electron chi connectivity index (χ1n) is 9.86. The van der Waals surface area contributed by atoms with Gasteiger partial charge in [-0.25, -0.2) is 9.97 Å². The molecule has 2 heterocycles. The summed E-state index contributed by atoms with van der Waals surface area (Å²) in [4.78, 5) is 21.0. The van der Waals surface area contributed by atoms with Crippen LogP contribution >= 0.6 is 0 Å². The monoisotopic (exact) mass is 398 g/mol. The largest absolute Gasteiger partial charge is 0.489 e. The molecule has 0 bridgehead atoms. The quantitative estimate of drug-likeness (QED) is 0.370. The highest BCUT2D eigenvalue weighted by molar-refractivity contribution is 5.92. The smallest absolute Gasteiger partial charge is 0.263 e. The molecular weight excluding hydrogens is 376 g/mol. The number of pyridine rings is 1. The second-order valence-corrected chi connectivity index (χ2v) is 7.04. The lowest BCUT2D eigenvalue weighted by Gasteiger charge is -2.07. The third-order valence-electron chi connectivity index (χ3n) is 4.70. The number of hydrogen-bond donors (Lipinski definition) is 0. The zero-order chi connectivity index (χ0) is 20.8. The molecule has 0 saturated carbocycles. The molecule has 0 N–H and O–H groups in total. The Kier molecular flexibility index (Phi) is 5.99. The van der Waals surface area contributed by atoms with Crippen LogP contribution in [0.4, 0.5) is 0 Å². The standard InChI is InChI=1S/C25H22N2O3/c1-18-6-5-9-22(27-18)24-16-26-25(30-24)23(28)15-14-19-10-12-20(13-11-19)17-29-21-7-3-2-4-8-21/h2-13,16H,14-15,17H2,1H3. The van der Waals surface area contributed by atoms with Crippen molar-refractivity contribution < 1.29 is 13.9 Å². The van der Waals surface area contributed by atoms with Gasteiger partial charge in [0.2, 0.25) is 5.78 Å². The third-order valence-corrected chi connectivity index (χ3v) is 4.70. The normalized spacial score (nSPS) is 10.7. The van der Waals surface area contributed by atoms with Crippen molar-refractivity contribution >= 4 is 5.78 Å². The van der Waals surface area contributed by atoms with E-state index in [-0.39, 0.29) is 11.7 Å². The predicted molar refractivity (Wildman–Crippen MR) is 114 cm³/mol. The fourth-order valence-corrected chi connectivity index (χ4v) is 3.05. The molecule has 4 rings (SSSR count). The van der Waals surface area contributed by atoms with E-state index < -0.39 is 0 Å². The van der Waals surface area contributed by atoms with Crippen molar-refractivity contribution in [3.05, 3.63) is 102 Å². The molecule has 2 aromatic heterocycles. The van der Waals surface area contributed by atoms with E-state index in [1.807, 2.05) is 79.7 Å². The molecule has 4 aromatic rings. The Balaban J connectivity index is 1.31. The van der Waals surface area contributed by atoms with Crippen LogP contribution in [0.25, 0.3) is 11.5 Å². The lowest BCUT2D eigenvalue weighted by molar-refractivity contribution is 0.0950. The van der Waals surface area contributed by atoms with Crippen LogP contribution in [0.5, 0.6) is 5.75 Å². The zero-order valence-corrected chi connectivity index (χ0v) is 16.7. The maximum atomic E-state index is 12.5. The van der Waals surface area contributed by atoms with Crippen LogP contribution in [0.1, 0.15) is 33.9 Å². The first kappa shape index (κ1) is 19.6. The number of Topliss-reactive ketones (excluding diaryl/α,β-unsaturated/α-hetero) is 1. The number of ether oxygens (including phenoxy) is 1. The van der Waals surface area contributed by atoms with Crippen LogP contribution in [0.15, 0.2) is 83.4 Å². The van der Waals surface area contributed by atoms with Gasteiger partial charge in [-0.05, 0) is 48.7 Å². The Morgan fingerprint density at radius 2 is 1.70 bits per heavy atom. The van der Waals surface area contributed by atoms with Gasteiger partial charge >= 0.3 is 0 Å². The van der Waals surface area contributed by atoms with Crippen LogP contribution < -0.4 is 4.74 Å². The van der Waals surface area contributed by atoms with Crippen LogP contribution in [-0.2, 0) is 13.0 Å². The van der Waals surface area contributed by atoms with Gasteiger partial charge in [-0.15, -0.1) is 0 Å². The average Bonchev–Trinajstić information content (AvgIpc) is 3.28. The molecule has 5 heteroatoms. The van der Waals surface area contributed by atoms with Crippen molar-refractivity contribution in [2.24, 2.45) is 0 Å². The Morgan fingerprint density at radius 1 is 0.933 bits per heavy atom. The van der Waals surface area contributed by atoms with Gasteiger partial charge in [0, 0.05) is 12.1 Å². The third kappa shape index (κ3) is 5.00. The number of rotatable bonds is 8. The fourth-order valence-electron chi connectivity index (χ4n) is 3.05. The molecule has 0 aliphatic rings. The summed E-state index contributed by atoms with van der Waals surface area (Å²) in [6.07, 6.45) is 2.51. The predicted octanol–water partition coefficient (Wildman–Crippen LogP) is 5.44. The molecule has 0 unspecified atom stereocenters. The molecule has 0 amide bonds. The topological polar surface area (TPSA) is 65.2 Å². The summed E-state index contributed by atoms with van der Waals surface area (Å²) in [5.74, 6) is 1.36. The van der Waals surface area contributed by atoms with E-state index in [1.54, 1.807) is 6.20 Å². The molecule has 2 aromatic carbocycles. The van der Waals surface area contributed by atoms with Gasteiger partial charge in [-0.2, -0.15) is 0 Å². The van der Waals surface area contributed by atoms with Gasteiger partial charge < -0.3 is 9.15 Å². The summed E-state index contributed by atoms with van der Waals surface area (Å²) in [6, 6.07) is 23.5. The Hall–Kier alpha value is -3.73. The summed E-state index contributed by atoms with van der Waals surface area (Å²) in [6.45, 7) is 2.42. The van der Waals surface area contributed by atoms with Gasteiger partial charge in [0.15, 0.2) is 5.76 Å². The lowest BCUT2D eigenvalue weighted by atomic mass is 10.1. The highest BCUT2D eigenvalue weighted by atomic mass is 16.5. The van der Waals surface area contributed by atoms with Gasteiger partial charge in [0.05, 0.1) is 6.20 Å². The molecule has 0 radical (unpaired) electrons. The van der Waals surface area contributed by atoms with Gasteiger partial charge in [0.25, 0.3) is 5.89 Å². The number of carbonyl (C=O) groups excluding carboxylic acids is 1. The van der Waals surface area contributed by atoms with Crippen LogP contribution in [0.2, 0.25) is 0 Å². The molecule has 0 aliphatic carbocycles. The van der Waals surface area contributed by atoms with Crippen LogP contribution in [-0.4, -0.2) is 15.8 Å². The maximum Gasteiger partial charge on any atom is 0.263 e. The Labute approximate surface area is 175 Å². The molecule has 0 aliphatic heterocycles. The number of carbonyl (C=O) groups is 1. The molecular formula is C25H22N2O3. The van der Waals surface area contributed by atoms with E-state index in [0.717, 1.165) is 22.6 Å². The minimum absolute atomic E-state index is 0.120. The summed E-state index contributed by atoms with van der Waals surface area (Å²) in [5, 5.41) is 0. The second-order valence-electron chi connectivity index (χ2n) is 7.04. The summed E-state index contributed by atoms with van der Waals surface area (Å²) >= 11 is 0. The van der Waals surface area contributed by atoms with Crippen molar-refractivity contribution in [2.75, 3.05) is 0 Å². The second kappa shape index (κ2) is 9.18. The number of aryl methyl sites for hydroxylation is 2. The number of aromatic nitrogens is 2. The van der Waals surface area contributed by atoms with Crippen LogP contribution in [0.3, 0.4) is 0 Å². The highest BCUT2D eigenvalue weighted by Gasteiger charge is 2.15. The summed E-state index contributed by atoms with van der Waals surface area (Å²) < 4.78 is 11.4. The van der Waals surface area contributed by atoms with E-state index in [9.17, 15) is 4.79 Å². The van der Waals surface area contributed by atoms with E-state index >= 15 is 0 Å². The molecule has 5 nitrogen and oxygen atoms in total. The highest BCUT2D eigenvalue weighted by Crippen LogP contribution is 2.20. The zero-order valence-electron chi connectivity index (χ0n) is 16.7. The first-order chi connectivity index (χ1) is 14.7. The molecule has 0 atom stereocenters. The Morgan fingerprint density at radius 3 is 2.47 bits per heavy atom. The fraction of sp³-hybridized carbons (Fsp3) is 0.160. The molecule has 0 saturated heterocycles. The van der Waals surface area contributed by atoms with Crippen LogP contribution in [0, 0.1) is 6.92 Å². The number of para-hydroxylation sites is 1. The van der Waals surface area contributed by atoms with E-state index in [4.69, 9.17) is 9.15 Å². The minimum Gasteiger partial charge on any atom is -0.489 e. The van der Waals surface area contributed by atoms with E-state index in [2.05, 4.69) is 9.97 Å². The molecule has 0 spiro atoms. The number of ketones is 1. The summed E-state index contributed by atoms with van der Waals surface area (Å²) in [7, 11) is 0. The van der Waals surface area contributed by atoms with Crippen molar-refractivity contribution in [3.63, 3.8) is 0 Å². The molecule has 150 valence electrons. The SMILES string of the molecule is Cc1cccc(-c2cnc(C(=O)CCc3ccc(COc4ccccc4)cc3)o2)n1. The van der Waals surface area contributed by atoms with Crippen molar-refractivity contribution in [3.8, 4) is 17.2 Å².